The van der Waals surface area contributed by atoms with E-state index in [0.717, 1.165) is 0 Å². The number of methoxy groups -OCH3 is 1. The van der Waals surface area contributed by atoms with Crippen LogP contribution in [-0.4, -0.2) is 24.5 Å². The van der Waals surface area contributed by atoms with E-state index in [0.29, 0.717) is 5.02 Å². The van der Waals surface area contributed by atoms with Crippen LogP contribution in [0.1, 0.15) is 0 Å². The van der Waals surface area contributed by atoms with Gasteiger partial charge in [-0.2, -0.15) is 0 Å². The lowest BCUT2D eigenvalue weighted by Crippen LogP contribution is -2.15. The number of ether oxygens (including phenoxy) is 1. The summed E-state index contributed by atoms with van der Waals surface area (Å²) in [6.45, 7) is -0.155. The molecular weight excluding hydrogens is 236 g/mol. The Labute approximate surface area is 96.3 Å². The lowest BCUT2D eigenvalue weighted by molar-refractivity contribution is -0.383. The van der Waals surface area contributed by atoms with E-state index in [4.69, 9.17) is 11.6 Å². The van der Waals surface area contributed by atoms with Gasteiger partial charge in [-0.3, -0.25) is 14.9 Å². The van der Waals surface area contributed by atoms with Crippen molar-refractivity contribution in [3.05, 3.63) is 33.3 Å². The predicted octanol–water partition coefficient (Wildman–Crippen LogP) is 1.83. The van der Waals surface area contributed by atoms with Gasteiger partial charge < -0.3 is 10.1 Å². The number of esters is 1. The highest BCUT2D eigenvalue weighted by Crippen LogP contribution is 2.27. The monoisotopic (exact) mass is 244 g/mol. The standard InChI is InChI=1S/C9H9ClN2O4/c1-16-9(13)5-11-7-4-6(10)2-3-8(7)12(14)15/h2-4,11H,5H2,1H3. The molecule has 0 spiro atoms. The van der Waals surface area contributed by atoms with Crippen LogP contribution in [0.5, 0.6) is 0 Å². The first-order valence-corrected chi connectivity index (χ1v) is 4.67. The second-order valence-electron chi connectivity index (χ2n) is 2.85. The van der Waals surface area contributed by atoms with Crippen LogP contribution in [0, 0.1) is 10.1 Å². The van der Waals surface area contributed by atoms with Gasteiger partial charge in [0.1, 0.15) is 12.2 Å². The van der Waals surface area contributed by atoms with Crippen molar-refractivity contribution >= 4 is 28.9 Å². The number of nitro groups is 1. The summed E-state index contributed by atoms with van der Waals surface area (Å²) in [5, 5.41) is 13.6. The van der Waals surface area contributed by atoms with Gasteiger partial charge in [0.15, 0.2) is 0 Å². The molecule has 1 N–H and O–H groups in total. The summed E-state index contributed by atoms with van der Waals surface area (Å²) in [5.41, 5.74) is 0.0382. The Kier molecular flexibility index (Phi) is 4.07. The first-order valence-electron chi connectivity index (χ1n) is 4.29. The van der Waals surface area contributed by atoms with Gasteiger partial charge in [-0.05, 0) is 12.1 Å². The highest BCUT2D eigenvalue weighted by Gasteiger charge is 2.14. The number of nitrogens with zero attached hydrogens (tertiary/aromatic N) is 1. The van der Waals surface area contributed by atoms with Crippen LogP contribution in [0.3, 0.4) is 0 Å². The molecule has 0 saturated heterocycles. The van der Waals surface area contributed by atoms with E-state index in [-0.39, 0.29) is 17.9 Å². The summed E-state index contributed by atoms with van der Waals surface area (Å²) < 4.78 is 4.40. The Morgan fingerprint density at radius 1 is 1.62 bits per heavy atom. The highest BCUT2D eigenvalue weighted by molar-refractivity contribution is 6.31. The molecule has 7 heteroatoms. The summed E-state index contributed by atoms with van der Waals surface area (Å²) >= 11 is 5.69. The van der Waals surface area contributed by atoms with Gasteiger partial charge in [-0.25, -0.2) is 0 Å². The summed E-state index contributed by atoms with van der Waals surface area (Å²) in [5.74, 6) is -0.519. The van der Waals surface area contributed by atoms with Crippen LogP contribution in [0.25, 0.3) is 0 Å². The highest BCUT2D eigenvalue weighted by atomic mass is 35.5. The molecule has 0 atom stereocenters. The molecule has 1 aromatic rings. The number of nitrogens with one attached hydrogen (secondary N) is 1. The molecule has 0 amide bonds. The second-order valence-corrected chi connectivity index (χ2v) is 3.28. The Balaban J connectivity index is 2.88. The lowest BCUT2D eigenvalue weighted by Gasteiger charge is -2.05. The molecule has 0 aliphatic heterocycles. The van der Waals surface area contributed by atoms with Crippen molar-refractivity contribution in [2.24, 2.45) is 0 Å². The molecule has 0 saturated carbocycles. The second kappa shape index (κ2) is 5.32. The largest absolute Gasteiger partial charge is 0.468 e. The smallest absolute Gasteiger partial charge is 0.325 e. The van der Waals surface area contributed by atoms with Crippen molar-refractivity contribution in [2.45, 2.75) is 0 Å². The fraction of sp³-hybridized carbons (Fsp3) is 0.222. The topological polar surface area (TPSA) is 81.5 Å². The molecular formula is C9H9ClN2O4. The maximum absolute atomic E-state index is 10.9. The third-order valence-electron chi connectivity index (χ3n) is 1.81. The van der Waals surface area contributed by atoms with Gasteiger partial charge in [-0.1, -0.05) is 11.6 Å². The van der Waals surface area contributed by atoms with Crippen molar-refractivity contribution in [2.75, 3.05) is 19.0 Å². The molecule has 0 bridgehead atoms. The molecule has 86 valence electrons. The molecule has 0 unspecified atom stereocenters. The van der Waals surface area contributed by atoms with Crippen LogP contribution >= 0.6 is 11.6 Å². The van der Waals surface area contributed by atoms with E-state index < -0.39 is 10.9 Å². The molecule has 0 heterocycles. The minimum Gasteiger partial charge on any atom is -0.468 e. The van der Waals surface area contributed by atoms with E-state index in [2.05, 4.69) is 10.1 Å². The number of benzene rings is 1. The summed E-state index contributed by atoms with van der Waals surface area (Å²) in [7, 11) is 1.23. The molecule has 1 rings (SSSR count). The van der Waals surface area contributed by atoms with Crippen LogP contribution in [-0.2, 0) is 9.53 Å². The molecule has 6 nitrogen and oxygen atoms in total. The Morgan fingerprint density at radius 3 is 2.88 bits per heavy atom. The summed E-state index contributed by atoms with van der Waals surface area (Å²) in [4.78, 5) is 21.0. The number of nitro benzene ring substituents is 1. The average molecular weight is 245 g/mol. The van der Waals surface area contributed by atoms with Gasteiger partial charge in [0.25, 0.3) is 5.69 Å². The van der Waals surface area contributed by atoms with Crippen molar-refractivity contribution in [1.82, 2.24) is 0 Å². The van der Waals surface area contributed by atoms with Crippen LogP contribution in [0.15, 0.2) is 18.2 Å². The van der Waals surface area contributed by atoms with Gasteiger partial charge in [-0.15, -0.1) is 0 Å². The van der Waals surface area contributed by atoms with Gasteiger partial charge >= 0.3 is 5.97 Å². The van der Waals surface area contributed by atoms with E-state index in [1.807, 2.05) is 0 Å². The number of carbonyl (C=O) groups excluding carboxylic acids is 1. The van der Waals surface area contributed by atoms with Crippen molar-refractivity contribution in [3.8, 4) is 0 Å². The quantitative estimate of drug-likeness (QED) is 0.496. The normalized spacial score (nSPS) is 9.62. The predicted molar refractivity (Wildman–Crippen MR) is 58.6 cm³/mol. The third-order valence-corrected chi connectivity index (χ3v) is 2.04. The fourth-order valence-corrected chi connectivity index (χ4v) is 1.22. The van der Waals surface area contributed by atoms with Crippen LogP contribution < -0.4 is 5.32 Å². The van der Waals surface area contributed by atoms with E-state index in [1.54, 1.807) is 0 Å². The molecule has 16 heavy (non-hydrogen) atoms. The lowest BCUT2D eigenvalue weighted by atomic mass is 10.2. The zero-order valence-electron chi connectivity index (χ0n) is 8.40. The minimum atomic E-state index is -0.560. The SMILES string of the molecule is COC(=O)CNc1cc(Cl)ccc1[N+](=O)[O-]. The maximum atomic E-state index is 10.9. The van der Waals surface area contributed by atoms with Crippen molar-refractivity contribution < 1.29 is 14.5 Å². The number of rotatable bonds is 4. The molecule has 0 fully saturated rings. The van der Waals surface area contributed by atoms with Crippen molar-refractivity contribution in [1.29, 1.82) is 0 Å². The number of carbonyl (C=O) groups is 1. The number of hydrogen-bond acceptors (Lipinski definition) is 5. The number of hydrogen-bond donors (Lipinski definition) is 1. The summed E-state index contributed by atoms with van der Waals surface area (Å²) in [6, 6.07) is 4.05. The molecule has 0 aromatic heterocycles. The first-order chi connectivity index (χ1) is 7.54. The van der Waals surface area contributed by atoms with Crippen molar-refractivity contribution in [3.63, 3.8) is 0 Å². The van der Waals surface area contributed by atoms with Gasteiger partial charge in [0.05, 0.1) is 12.0 Å². The zero-order chi connectivity index (χ0) is 12.1. The fourth-order valence-electron chi connectivity index (χ4n) is 1.05. The third kappa shape index (κ3) is 3.09. The molecule has 0 aliphatic rings. The Morgan fingerprint density at radius 2 is 2.31 bits per heavy atom. The zero-order valence-corrected chi connectivity index (χ0v) is 9.15. The van der Waals surface area contributed by atoms with E-state index in [9.17, 15) is 14.9 Å². The summed E-state index contributed by atoms with van der Waals surface area (Å²) in [6.07, 6.45) is 0. The van der Waals surface area contributed by atoms with E-state index in [1.165, 1.54) is 25.3 Å². The Hall–Kier alpha value is -1.82. The van der Waals surface area contributed by atoms with E-state index >= 15 is 0 Å². The minimum absolute atomic E-state index is 0.145. The van der Waals surface area contributed by atoms with Crippen LogP contribution in [0.4, 0.5) is 11.4 Å². The van der Waals surface area contributed by atoms with Gasteiger partial charge in [0.2, 0.25) is 0 Å². The van der Waals surface area contributed by atoms with Crippen LogP contribution in [0.2, 0.25) is 5.02 Å². The molecule has 1 aromatic carbocycles. The molecule has 0 radical (unpaired) electrons. The van der Waals surface area contributed by atoms with Gasteiger partial charge in [0, 0.05) is 11.1 Å². The maximum Gasteiger partial charge on any atom is 0.325 e. The average Bonchev–Trinajstić information content (AvgIpc) is 2.25. The Bertz CT molecular complexity index is 422. The first kappa shape index (κ1) is 12.3. The molecule has 0 aliphatic carbocycles. The number of halogens is 1. The number of anilines is 1.